The standard InChI is InChI=1S/C14H17BrN2O/c1-9-7-12-11(14(15)10(9)2)8-16-17(12)13-5-3-4-6-18-13/h7-8,13H,3-6H2,1-2H3. The molecule has 1 aliphatic heterocycles. The summed E-state index contributed by atoms with van der Waals surface area (Å²) in [6.45, 7) is 5.12. The minimum absolute atomic E-state index is 0.102. The van der Waals surface area contributed by atoms with Gasteiger partial charge in [-0.2, -0.15) is 5.10 Å². The largest absolute Gasteiger partial charge is 0.356 e. The third-order valence-corrected chi connectivity index (χ3v) is 4.79. The van der Waals surface area contributed by atoms with E-state index in [1.807, 2.05) is 10.9 Å². The fourth-order valence-corrected chi connectivity index (χ4v) is 3.14. The van der Waals surface area contributed by atoms with Gasteiger partial charge in [0.15, 0.2) is 6.23 Å². The molecule has 4 heteroatoms. The van der Waals surface area contributed by atoms with Crippen LogP contribution in [0.4, 0.5) is 0 Å². The topological polar surface area (TPSA) is 27.1 Å². The SMILES string of the molecule is Cc1cc2c(cnn2C2CCCCO2)c(Br)c1C. The van der Waals surface area contributed by atoms with Gasteiger partial charge in [0.05, 0.1) is 11.7 Å². The van der Waals surface area contributed by atoms with Crippen LogP contribution in [0.25, 0.3) is 10.9 Å². The van der Waals surface area contributed by atoms with Gasteiger partial charge in [0.1, 0.15) is 0 Å². The highest BCUT2D eigenvalue weighted by Gasteiger charge is 2.19. The number of aromatic nitrogens is 2. The van der Waals surface area contributed by atoms with Crippen molar-refractivity contribution in [3.05, 3.63) is 27.9 Å². The van der Waals surface area contributed by atoms with Gasteiger partial charge in [-0.05, 0) is 66.2 Å². The van der Waals surface area contributed by atoms with Crippen molar-refractivity contribution in [3.8, 4) is 0 Å². The molecule has 1 saturated heterocycles. The maximum absolute atomic E-state index is 5.83. The summed E-state index contributed by atoms with van der Waals surface area (Å²) in [5.41, 5.74) is 3.73. The van der Waals surface area contributed by atoms with Gasteiger partial charge in [0, 0.05) is 16.5 Å². The van der Waals surface area contributed by atoms with Crippen LogP contribution in [0, 0.1) is 13.8 Å². The zero-order chi connectivity index (χ0) is 12.7. The number of nitrogens with zero attached hydrogens (tertiary/aromatic N) is 2. The molecule has 3 rings (SSSR count). The molecule has 18 heavy (non-hydrogen) atoms. The molecule has 2 heterocycles. The van der Waals surface area contributed by atoms with E-state index >= 15 is 0 Å². The van der Waals surface area contributed by atoms with Gasteiger partial charge in [-0.1, -0.05) is 0 Å². The lowest BCUT2D eigenvalue weighted by Gasteiger charge is -2.23. The van der Waals surface area contributed by atoms with Gasteiger partial charge in [-0.25, -0.2) is 4.68 Å². The smallest absolute Gasteiger partial charge is 0.150 e. The molecule has 3 nitrogen and oxygen atoms in total. The van der Waals surface area contributed by atoms with Crippen LogP contribution in [-0.4, -0.2) is 16.4 Å². The first-order valence-corrected chi connectivity index (χ1v) is 7.22. The Bertz CT molecular complexity index is 585. The zero-order valence-corrected chi connectivity index (χ0v) is 12.3. The summed E-state index contributed by atoms with van der Waals surface area (Å²) < 4.78 is 9.01. The van der Waals surface area contributed by atoms with Crippen molar-refractivity contribution in [1.82, 2.24) is 9.78 Å². The molecule has 1 fully saturated rings. The zero-order valence-electron chi connectivity index (χ0n) is 10.7. The number of rotatable bonds is 1. The molecule has 96 valence electrons. The Hall–Kier alpha value is -0.870. The summed E-state index contributed by atoms with van der Waals surface area (Å²) >= 11 is 3.67. The first-order chi connectivity index (χ1) is 8.68. The highest BCUT2D eigenvalue weighted by molar-refractivity contribution is 9.10. The molecule has 0 amide bonds. The van der Waals surface area contributed by atoms with Gasteiger partial charge in [-0.15, -0.1) is 0 Å². The third-order valence-electron chi connectivity index (χ3n) is 3.77. The van der Waals surface area contributed by atoms with E-state index in [4.69, 9.17) is 4.74 Å². The minimum atomic E-state index is 0.102. The number of benzene rings is 1. The predicted molar refractivity (Wildman–Crippen MR) is 75.7 cm³/mol. The molecule has 1 unspecified atom stereocenters. The Balaban J connectivity index is 2.13. The summed E-state index contributed by atoms with van der Waals surface area (Å²) in [5, 5.41) is 5.70. The summed E-state index contributed by atoms with van der Waals surface area (Å²) in [7, 11) is 0. The Kier molecular flexibility index (Phi) is 3.16. The number of hydrogen-bond acceptors (Lipinski definition) is 2. The summed E-state index contributed by atoms with van der Waals surface area (Å²) in [6.07, 6.45) is 5.48. The summed E-state index contributed by atoms with van der Waals surface area (Å²) in [4.78, 5) is 0. The predicted octanol–water partition coefficient (Wildman–Crippen LogP) is 4.11. The minimum Gasteiger partial charge on any atom is -0.356 e. The second kappa shape index (κ2) is 4.67. The van der Waals surface area contributed by atoms with Crippen LogP contribution in [0.5, 0.6) is 0 Å². The van der Waals surface area contributed by atoms with E-state index < -0.39 is 0 Å². The Morgan fingerprint density at radius 2 is 2.22 bits per heavy atom. The number of fused-ring (bicyclic) bond motifs is 1. The molecular weight excluding hydrogens is 292 g/mol. The molecule has 0 spiro atoms. The van der Waals surface area contributed by atoms with Crippen LogP contribution < -0.4 is 0 Å². The molecule has 1 atom stereocenters. The quantitative estimate of drug-likeness (QED) is 0.792. The first kappa shape index (κ1) is 12.2. The van der Waals surface area contributed by atoms with E-state index in [2.05, 4.69) is 40.9 Å². The number of halogens is 1. The lowest BCUT2D eigenvalue weighted by atomic mass is 10.1. The Morgan fingerprint density at radius 3 is 2.94 bits per heavy atom. The molecule has 1 aromatic carbocycles. The molecule has 0 bridgehead atoms. The fourth-order valence-electron chi connectivity index (χ4n) is 2.52. The average Bonchev–Trinajstić information content (AvgIpc) is 2.81. The molecule has 0 N–H and O–H groups in total. The Morgan fingerprint density at radius 1 is 1.39 bits per heavy atom. The van der Waals surface area contributed by atoms with Crippen molar-refractivity contribution < 1.29 is 4.74 Å². The summed E-state index contributed by atoms with van der Waals surface area (Å²) in [5.74, 6) is 0. The van der Waals surface area contributed by atoms with E-state index in [-0.39, 0.29) is 6.23 Å². The number of hydrogen-bond donors (Lipinski definition) is 0. The number of aryl methyl sites for hydroxylation is 1. The van der Waals surface area contributed by atoms with E-state index in [0.29, 0.717) is 0 Å². The van der Waals surface area contributed by atoms with Crippen LogP contribution in [0.2, 0.25) is 0 Å². The van der Waals surface area contributed by atoms with Crippen LogP contribution in [0.3, 0.4) is 0 Å². The summed E-state index contributed by atoms with van der Waals surface area (Å²) in [6, 6.07) is 2.21. The van der Waals surface area contributed by atoms with Gasteiger partial charge >= 0.3 is 0 Å². The first-order valence-electron chi connectivity index (χ1n) is 6.43. The lowest BCUT2D eigenvalue weighted by molar-refractivity contribution is -0.0366. The monoisotopic (exact) mass is 308 g/mol. The van der Waals surface area contributed by atoms with Crippen LogP contribution in [0.15, 0.2) is 16.7 Å². The molecule has 2 aromatic rings. The van der Waals surface area contributed by atoms with Crippen molar-refractivity contribution in [3.63, 3.8) is 0 Å². The maximum Gasteiger partial charge on any atom is 0.150 e. The molecule has 1 aromatic heterocycles. The van der Waals surface area contributed by atoms with Gasteiger partial charge < -0.3 is 4.74 Å². The molecule has 0 saturated carbocycles. The van der Waals surface area contributed by atoms with E-state index in [9.17, 15) is 0 Å². The van der Waals surface area contributed by atoms with E-state index in [1.165, 1.54) is 22.9 Å². The number of ether oxygens (including phenoxy) is 1. The molecular formula is C14H17BrN2O. The van der Waals surface area contributed by atoms with Crippen LogP contribution >= 0.6 is 15.9 Å². The molecule has 1 aliphatic rings. The van der Waals surface area contributed by atoms with Crippen molar-refractivity contribution in [2.45, 2.75) is 39.3 Å². The van der Waals surface area contributed by atoms with Crippen LogP contribution in [0.1, 0.15) is 36.6 Å². The lowest BCUT2D eigenvalue weighted by Crippen LogP contribution is -2.19. The highest BCUT2D eigenvalue weighted by Crippen LogP contribution is 2.33. The van der Waals surface area contributed by atoms with E-state index in [1.54, 1.807) is 0 Å². The van der Waals surface area contributed by atoms with Crippen molar-refractivity contribution >= 4 is 26.8 Å². The average molecular weight is 309 g/mol. The van der Waals surface area contributed by atoms with Gasteiger partial charge in [0.2, 0.25) is 0 Å². The fraction of sp³-hybridized carbons (Fsp3) is 0.500. The van der Waals surface area contributed by atoms with Crippen LogP contribution in [-0.2, 0) is 4.74 Å². The van der Waals surface area contributed by atoms with Gasteiger partial charge in [0.25, 0.3) is 0 Å². The van der Waals surface area contributed by atoms with Crippen molar-refractivity contribution in [2.75, 3.05) is 6.61 Å². The maximum atomic E-state index is 5.83. The Labute approximate surface area is 115 Å². The van der Waals surface area contributed by atoms with E-state index in [0.717, 1.165) is 29.4 Å². The highest BCUT2D eigenvalue weighted by atomic mass is 79.9. The molecule has 0 radical (unpaired) electrons. The normalized spacial score (nSPS) is 20.5. The van der Waals surface area contributed by atoms with Crippen molar-refractivity contribution in [2.24, 2.45) is 0 Å². The molecule has 0 aliphatic carbocycles. The van der Waals surface area contributed by atoms with Gasteiger partial charge in [-0.3, -0.25) is 0 Å². The second-order valence-electron chi connectivity index (χ2n) is 4.98. The second-order valence-corrected chi connectivity index (χ2v) is 5.77. The third kappa shape index (κ3) is 1.88. The van der Waals surface area contributed by atoms with Crippen molar-refractivity contribution in [1.29, 1.82) is 0 Å².